The van der Waals surface area contributed by atoms with E-state index in [4.69, 9.17) is 22.1 Å². The molecule has 5 heteroatoms. The van der Waals surface area contributed by atoms with E-state index in [1.165, 1.54) is 6.07 Å². The lowest BCUT2D eigenvalue weighted by Gasteiger charge is -2.19. The molecule has 0 aromatic heterocycles. The Hall–Kier alpha value is -1.94. The van der Waals surface area contributed by atoms with Crippen molar-refractivity contribution >= 4 is 23.0 Å². The lowest BCUT2D eigenvalue weighted by molar-refractivity contribution is 0.225. The molecule has 0 saturated carbocycles. The molecule has 1 unspecified atom stereocenters. The average Bonchev–Trinajstić information content (AvgIpc) is 2.91. The van der Waals surface area contributed by atoms with E-state index >= 15 is 0 Å². The zero-order valence-electron chi connectivity index (χ0n) is 11.4. The van der Waals surface area contributed by atoms with Gasteiger partial charge >= 0.3 is 0 Å². The summed E-state index contributed by atoms with van der Waals surface area (Å²) in [6.45, 7) is 1.55. The molecule has 1 fully saturated rings. The van der Waals surface area contributed by atoms with Crippen molar-refractivity contribution in [3.8, 4) is 5.75 Å². The van der Waals surface area contributed by atoms with Gasteiger partial charge in [0.15, 0.2) is 0 Å². The first-order valence-corrected chi connectivity index (χ1v) is 7.22. The molecule has 2 N–H and O–H groups in total. The predicted octanol–water partition coefficient (Wildman–Crippen LogP) is 3.72. The van der Waals surface area contributed by atoms with Crippen LogP contribution in [0.25, 0.3) is 0 Å². The highest BCUT2D eigenvalue weighted by Gasteiger charge is 2.25. The van der Waals surface area contributed by atoms with Crippen molar-refractivity contribution in [1.29, 1.82) is 0 Å². The van der Waals surface area contributed by atoms with Crippen molar-refractivity contribution in [2.45, 2.75) is 12.5 Å². The second-order valence-electron chi connectivity index (χ2n) is 5.14. The van der Waals surface area contributed by atoms with Crippen LogP contribution < -0.4 is 15.4 Å². The van der Waals surface area contributed by atoms with Gasteiger partial charge in [-0.2, -0.15) is 0 Å². The number of hydrogen-bond acceptors (Lipinski definition) is 3. The monoisotopic (exact) mass is 306 g/mol. The van der Waals surface area contributed by atoms with Gasteiger partial charge in [-0.1, -0.05) is 17.7 Å². The van der Waals surface area contributed by atoms with Crippen LogP contribution in [0.15, 0.2) is 42.5 Å². The molecule has 2 aromatic carbocycles. The maximum Gasteiger partial charge on any atom is 0.138 e. The normalized spacial score (nSPS) is 18.0. The molecular weight excluding hydrogens is 291 g/mol. The van der Waals surface area contributed by atoms with Crippen LogP contribution in [-0.2, 0) is 0 Å². The molecule has 0 bridgehead atoms. The standard InChI is InChI=1S/C16H16ClFN2O/c17-15-9-12(19)4-5-16(15)21-14-6-7-20(10-14)13-3-1-2-11(18)8-13/h1-5,8-9,14H,6-7,10,19H2. The van der Waals surface area contributed by atoms with Crippen molar-refractivity contribution < 1.29 is 9.13 Å². The Morgan fingerprint density at radius 3 is 2.86 bits per heavy atom. The summed E-state index contributed by atoms with van der Waals surface area (Å²) >= 11 is 6.11. The van der Waals surface area contributed by atoms with E-state index in [9.17, 15) is 4.39 Å². The number of halogens is 2. The summed E-state index contributed by atoms with van der Waals surface area (Å²) in [7, 11) is 0. The number of anilines is 2. The van der Waals surface area contributed by atoms with Gasteiger partial charge < -0.3 is 15.4 Å². The maximum absolute atomic E-state index is 13.3. The van der Waals surface area contributed by atoms with E-state index < -0.39 is 0 Å². The molecule has 21 heavy (non-hydrogen) atoms. The predicted molar refractivity (Wildman–Crippen MR) is 83.5 cm³/mol. The average molecular weight is 307 g/mol. The molecule has 1 saturated heterocycles. The zero-order valence-corrected chi connectivity index (χ0v) is 12.2. The number of nitrogen functional groups attached to an aromatic ring is 1. The van der Waals surface area contributed by atoms with Crippen molar-refractivity contribution in [2.75, 3.05) is 23.7 Å². The molecule has 0 aliphatic carbocycles. The van der Waals surface area contributed by atoms with Gasteiger partial charge in [-0.15, -0.1) is 0 Å². The Balaban J connectivity index is 1.67. The smallest absolute Gasteiger partial charge is 0.138 e. The second-order valence-corrected chi connectivity index (χ2v) is 5.55. The van der Waals surface area contributed by atoms with Crippen molar-refractivity contribution in [2.24, 2.45) is 0 Å². The summed E-state index contributed by atoms with van der Waals surface area (Å²) in [5.41, 5.74) is 7.15. The maximum atomic E-state index is 13.3. The lowest BCUT2D eigenvalue weighted by atomic mass is 10.3. The third-order valence-corrected chi connectivity index (χ3v) is 3.86. The van der Waals surface area contributed by atoms with E-state index in [1.54, 1.807) is 30.3 Å². The highest BCUT2D eigenvalue weighted by Crippen LogP contribution is 2.30. The second kappa shape index (κ2) is 5.82. The summed E-state index contributed by atoms with van der Waals surface area (Å²) in [5, 5.41) is 0.513. The van der Waals surface area contributed by atoms with E-state index in [0.29, 0.717) is 23.0 Å². The number of nitrogens with zero attached hydrogens (tertiary/aromatic N) is 1. The van der Waals surface area contributed by atoms with Crippen LogP contribution in [0.4, 0.5) is 15.8 Å². The molecule has 3 nitrogen and oxygen atoms in total. The van der Waals surface area contributed by atoms with Gasteiger partial charge in [0.2, 0.25) is 0 Å². The van der Waals surface area contributed by atoms with Crippen LogP contribution >= 0.6 is 11.6 Å². The SMILES string of the molecule is Nc1ccc(OC2CCN(c3cccc(F)c3)C2)c(Cl)c1. The number of hydrogen-bond donors (Lipinski definition) is 1. The molecule has 1 heterocycles. The molecule has 1 atom stereocenters. The molecule has 110 valence electrons. The molecule has 1 aliphatic rings. The summed E-state index contributed by atoms with van der Waals surface area (Å²) in [4.78, 5) is 2.11. The quantitative estimate of drug-likeness (QED) is 0.878. The van der Waals surface area contributed by atoms with E-state index in [0.717, 1.165) is 18.7 Å². The minimum Gasteiger partial charge on any atom is -0.487 e. The molecule has 3 rings (SSSR count). The van der Waals surface area contributed by atoms with E-state index in [2.05, 4.69) is 4.90 Å². The lowest BCUT2D eigenvalue weighted by Crippen LogP contribution is -2.24. The van der Waals surface area contributed by atoms with Crippen LogP contribution in [0.3, 0.4) is 0 Å². The van der Waals surface area contributed by atoms with Crippen LogP contribution in [0.1, 0.15) is 6.42 Å². The fourth-order valence-corrected chi connectivity index (χ4v) is 2.76. The van der Waals surface area contributed by atoms with Crippen molar-refractivity contribution in [1.82, 2.24) is 0 Å². The van der Waals surface area contributed by atoms with Crippen LogP contribution in [0.5, 0.6) is 5.75 Å². The fourth-order valence-electron chi connectivity index (χ4n) is 2.52. The minimum absolute atomic E-state index is 0.0365. The van der Waals surface area contributed by atoms with Gasteiger partial charge in [0.1, 0.15) is 17.7 Å². The Bertz CT molecular complexity index is 650. The topological polar surface area (TPSA) is 38.5 Å². The fraction of sp³-hybridized carbons (Fsp3) is 0.250. The van der Waals surface area contributed by atoms with E-state index in [1.807, 2.05) is 6.07 Å². The summed E-state index contributed by atoms with van der Waals surface area (Å²) in [5.74, 6) is 0.412. The van der Waals surface area contributed by atoms with Gasteiger partial charge in [0.25, 0.3) is 0 Å². The molecule has 2 aromatic rings. The molecule has 0 amide bonds. The van der Waals surface area contributed by atoms with Gasteiger partial charge in [0, 0.05) is 24.3 Å². The summed E-state index contributed by atoms with van der Waals surface area (Å²) in [6.07, 6.45) is 0.909. The number of rotatable bonds is 3. The first kappa shape index (κ1) is 14.0. The first-order valence-electron chi connectivity index (χ1n) is 6.84. The third kappa shape index (κ3) is 3.22. The van der Waals surface area contributed by atoms with Crippen LogP contribution in [0.2, 0.25) is 5.02 Å². The van der Waals surface area contributed by atoms with Gasteiger partial charge in [-0.25, -0.2) is 4.39 Å². The van der Waals surface area contributed by atoms with Gasteiger partial charge in [0.05, 0.1) is 11.6 Å². The molecular formula is C16H16ClFN2O. The molecule has 0 spiro atoms. The number of ether oxygens (including phenoxy) is 1. The highest BCUT2D eigenvalue weighted by atomic mass is 35.5. The largest absolute Gasteiger partial charge is 0.487 e. The van der Waals surface area contributed by atoms with Crippen molar-refractivity contribution in [3.63, 3.8) is 0 Å². The first-order chi connectivity index (χ1) is 10.1. The Kier molecular flexibility index (Phi) is 3.88. The number of nitrogens with two attached hydrogens (primary N) is 1. The third-order valence-electron chi connectivity index (χ3n) is 3.57. The van der Waals surface area contributed by atoms with E-state index in [-0.39, 0.29) is 11.9 Å². The minimum atomic E-state index is -0.224. The van der Waals surface area contributed by atoms with Gasteiger partial charge in [-0.3, -0.25) is 0 Å². The summed E-state index contributed by atoms with van der Waals surface area (Å²) in [6, 6.07) is 11.8. The Morgan fingerprint density at radius 1 is 1.24 bits per heavy atom. The van der Waals surface area contributed by atoms with Crippen LogP contribution in [-0.4, -0.2) is 19.2 Å². The summed E-state index contributed by atoms with van der Waals surface area (Å²) < 4.78 is 19.2. The molecule has 1 aliphatic heterocycles. The van der Waals surface area contributed by atoms with Gasteiger partial charge in [-0.05, 0) is 36.4 Å². The molecule has 0 radical (unpaired) electrons. The Morgan fingerprint density at radius 2 is 2.10 bits per heavy atom. The zero-order chi connectivity index (χ0) is 14.8. The highest BCUT2D eigenvalue weighted by molar-refractivity contribution is 6.32. The number of benzene rings is 2. The Labute approximate surface area is 128 Å². The van der Waals surface area contributed by atoms with Crippen LogP contribution in [0, 0.1) is 5.82 Å². The van der Waals surface area contributed by atoms with Crippen molar-refractivity contribution in [3.05, 3.63) is 53.3 Å².